The van der Waals surface area contributed by atoms with Crippen molar-refractivity contribution in [1.82, 2.24) is 29.1 Å². The van der Waals surface area contributed by atoms with Crippen molar-refractivity contribution in [3.8, 4) is 67.3 Å². The zero-order valence-corrected chi connectivity index (χ0v) is 45.8. The zero-order chi connectivity index (χ0) is 56.1. The van der Waals surface area contributed by atoms with Gasteiger partial charge in [0.2, 0.25) is 11.9 Å². The molecule has 0 aliphatic carbocycles. The van der Waals surface area contributed by atoms with Crippen LogP contribution in [0.5, 0.6) is 0 Å². The molecule has 0 radical (unpaired) electrons. The van der Waals surface area contributed by atoms with Crippen LogP contribution in [0.25, 0.3) is 144 Å². The van der Waals surface area contributed by atoms with Gasteiger partial charge in [-0.3, -0.25) is 18.9 Å². The van der Waals surface area contributed by atoms with Crippen LogP contribution in [0.2, 0.25) is 0 Å². The standard InChI is InChI=1S/C76H44N8O2/c1-3-20-45(21-4-1)69-73-71(56-28-11-17-36-64(56)85-73)79-75(77-69)83-61-34-15-9-26-53(61)52-25-8-14-33-60(52)82-59-40-38-47(42-49(59)44-67(82)83)50-30-19-31-54-51(50)39-41-63-68(54)55-27-10-16-35-62(55)81-58-32-13-7-24-48(58)43-66(81)84(63)76-78-70(46-22-5-2-6-23-46)74-72(80-76)57-29-12-18-37-65(57)86-74/h1-44H. The topological polar surface area (TPSA) is 94.2 Å². The average Bonchev–Trinajstić information content (AvgIpc) is 1.92. The van der Waals surface area contributed by atoms with Crippen molar-refractivity contribution < 1.29 is 8.83 Å². The summed E-state index contributed by atoms with van der Waals surface area (Å²) in [6, 6.07) is 94.2. The summed E-state index contributed by atoms with van der Waals surface area (Å²) in [6.45, 7) is 0. The first-order valence-corrected chi connectivity index (χ1v) is 28.9. The lowest BCUT2D eigenvalue weighted by molar-refractivity contribution is 0.667. The Labute approximate surface area is 491 Å². The second kappa shape index (κ2) is 17.8. The van der Waals surface area contributed by atoms with Gasteiger partial charge in [0, 0.05) is 54.9 Å². The van der Waals surface area contributed by atoms with Crippen LogP contribution >= 0.6 is 0 Å². The maximum atomic E-state index is 6.65. The summed E-state index contributed by atoms with van der Waals surface area (Å²) in [5.74, 6) is 2.91. The number of aromatic nitrogens is 6. The smallest absolute Gasteiger partial charge is 0.237 e. The van der Waals surface area contributed by atoms with Crippen molar-refractivity contribution in [2.45, 2.75) is 0 Å². The third-order valence-electron chi connectivity index (χ3n) is 17.4. The lowest BCUT2D eigenvalue weighted by Gasteiger charge is -2.25. The number of nitrogens with zero attached hydrogens (tertiary/aromatic N) is 8. The molecule has 0 N–H and O–H groups in total. The maximum absolute atomic E-state index is 6.65. The minimum atomic E-state index is 0.536. The molecule has 0 amide bonds. The van der Waals surface area contributed by atoms with Crippen molar-refractivity contribution in [3.63, 3.8) is 0 Å². The molecule has 2 aliphatic heterocycles. The van der Waals surface area contributed by atoms with Gasteiger partial charge < -0.3 is 8.83 Å². The summed E-state index contributed by atoms with van der Waals surface area (Å²) in [4.78, 5) is 26.6. The molecule has 6 aromatic heterocycles. The second-order valence-electron chi connectivity index (χ2n) is 22.1. The molecule has 0 bridgehead atoms. The van der Waals surface area contributed by atoms with Crippen molar-refractivity contribution in [2.24, 2.45) is 0 Å². The van der Waals surface area contributed by atoms with Gasteiger partial charge in [0.15, 0.2) is 11.2 Å². The fourth-order valence-electron chi connectivity index (χ4n) is 13.7. The highest BCUT2D eigenvalue weighted by atomic mass is 16.3. The largest absolute Gasteiger partial charge is 0.452 e. The monoisotopic (exact) mass is 1100 g/mol. The minimum absolute atomic E-state index is 0.536. The fraction of sp³-hybridized carbons (Fsp3) is 0. The lowest BCUT2D eigenvalue weighted by Crippen LogP contribution is -2.16. The number of para-hydroxylation sites is 6. The van der Waals surface area contributed by atoms with Crippen LogP contribution in [0, 0.1) is 0 Å². The lowest BCUT2D eigenvalue weighted by atomic mass is 9.90. The van der Waals surface area contributed by atoms with Crippen molar-refractivity contribution in [2.75, 3.05) is 9.80 Å². The summed E-state index contributed by atoms with van der Waals surface area (Å²) in [5.41, 5.74) is 20.4. The van der Waals surface area contributed by atoms with Crippen molar-refractivity contribution in [3.05, 3.63) is 267 Å². The van der Waals surface area contributed by atoms with E-state index in [-0.39, 0.29) is 0 Å². The quantitative estimate of drug-likeness (QED) is 0.168. The van der Waals surface area contributed by atoms with Gasteiger partial charge in [-0.25, -0.2) is 19.9 Å². The van der Waals surface area contributed by atoms with E-state index in [2.05, 4.69) is 213 Å². The summed E-state index contributed by atoms with van der Waals surface area (Å²) < 4.78 is 18.0. The van der Waals surface area contributed by atoms with E-state index in [1.54, 1.807) is 0 Å². The van der Waals surface area contributed by atoms with E-state index in [9.17, 15) is 0 Å². The van der Waals surface area contributed by atoms with Crippen molar-refractivity contribution >= 4 is 112 Å². The van der Waals surface area contributed by atoms with E-state index in [0.717, 1.165) is 156 Å². The molecule has 17 aromatic rings. The predicted molar refractivity (Wildman–Crippen MR) is 347 cm³/mol. The summed E-state index contributed by atoms with van der Waals surface area (Å²) in [6.07, 6.45) is 0. The highest BCUT2D eigenvalue weighted by Crippen LogP contribution is 2.54. The molecule has 86 heavy (non-hydrogen) atoms. The van der Waals surface area contributed by atoms with Gasteiger partial charge in [-0.05, 0) is 101 Å². The minimum Gasteiger partial charge on any atom is -0.452 e. The fourth-order valence-corrected chi connectivity index (χ4v) is 13.7. The van der Waals surface area contributed by atoms with E-state index >= 15 is 0 Å². The molecule has 0 saturated carbocycles. The average molecular weight is 1100 g/mol. The van der Waals surface area contributed by atoms with Gasteiger partial charge in [0.25, 0.3) is 0 Å². The molecular weight excluding hydrogens is 1060 g/mol. The molecule has 8 heterocycles. The first kappa shape index (κ1) is 46.7. The molecule has 0 saturated heterocycles. The Morgan fingerprint density at radius 3 is 1.44 bits per heavy atom. The number of fused-ring (bicyclic) bond motifs is 22. The third-order valence-corrected chi connectivity index (χ3v) is 17.4. The van der Waals surface area contributed by atoms with E-state index in [4.69, 9.17) is 28.8 Å². The Bertz CT molecular complexity index is 5700. The van der Waals surface area contributed by atoms with Crippen molar-refractivity contribution in [1.29, 1.82) is 0 Å². The Kier molecular flexibility index (Phi) is 9.67. The number of hydrogen-bond donors (Lipinski definition) is 0. The van der Waals surface area contributed by atoms with E-state index < -0.39 is 0 Å². The van der Waals surface area contributed by atoms with Gasteiger partial charge in [-0.1, -0.05) is 188 Å². The van der Waals surface area contributed by atoms with E-state index in [0.29, 0.717) is 23.1 Å². The van der Waals surface area contributed by atoms with E-state index in [1.807, 2.05) is 72.8 Å². The molecule has 19 rings (SSSR count). The van der Waals surface area contributed by atoms with Gasteiger partial charge in [-0.2, -0.15) is 0 Å². The van der Waals surface area contributed by atoms with Crippen LogP contribution in [0.3, 0.4) is 0 Å². The van der Waals surface area contributed by atoms with E-state index in [1.165, 1.54) is 0 Å². The van der Waals surface area contributed by atoms with Crippen LogP contribution in [-0.4, -0.2) is 29.1 Å². The van der Waals surface area contributed by atoms with Crippen LogP contribution in [0.4, 0.5) is 34.9 Å². The maximum Gasteiger partial charge on any atom is 0.237 e. The Morgan fingerprint density at radius 2 is 0.779 bits per heavy atom. The zero-order valence-electron chi connectivity index (χ0n) is 45.8. The molecular formula is C76H44N8O2. The molecule has 400 valence electrons. The summed E-state index contributed by atoms with van der Waals surface area (Å²) in [7, 11) is 0. The Hall–Kier alpha value is -11.9. The molecule has 0 atom stereocenters. The summed E-state index contributed by atoms with van der Waals surface area (Å²) >= 11 is 0. The van der Waals surface area contributed by atoms with Gasteiger partial charge in [0.05, 0.1) is 33.8 Å². The predicted octanol–water partition coefficient (Wildman–Crippen LogP) is 20.0. The molecule has 10 nitrogen and oxygen atoms in total. The Balaban J connectivity index is 0.839. The summed E-state index contributed by atoms with van der Waals surface area (Å²) in [5, 5.41) is 6.25. The molecule has 0 spiro atoms. The molecule has 11 aromatic carbocycles. The number of benzene rings is 11. The highest BCUT2D eigenvalue weighted by Gasteiger charge is 2.34. The van der Waals surface area contributed by atoms with Gasteiger partial charge >= 0.3 is 0 Å². The second-order valence-corrected chi connectivity index (χ2v) is 22.1. The number of rotatable bonds is 5. The third kappa shape index (κ3) is 6.66. The molecule has 0 unspecified atom stereocenters. The molecule has 2 aliphatic rings. The highest BCUT2D eigenvalue weighted by molar-refractivity contribution is 6.15. The number of furan rings is 2. The van der Waals surface area contributed by atoms with Crippen LogP contribution in [0.1, 0.15) is 0 Å². The van der Waals surface area contributed by atoms with Gasteiger partial charge in [-0.15, -0.1) is 0 Å². The normalized spacial score (nSPS) is 12.6. The Morgan fingerprint density at radius 1 is 0.291 bits per heavy atom. The molecule has 10 heteroatoms. The first-order chi connectivity index (χ1) is 42.7. The first-order valence-electron chi connectivity index (χ1n) is 28.9. The number of anilines is 6. The van der Waals surface area contributed by atoms with Crippen LogP contribution in [-0.2, 0) is 0 Å². The van der Waals surface area contributed by atoms with Gasteiger partial charge in [0.1, 0.15) is 45.2 Å². The number of hydrogen-bond acceptors (Lipinski definition) is 8. The molecule has 0 fully saturated rings. The van der Waals surface area contributed by atoms with Crippen LogP contribution < -0.4 is 9.80 Å². The van der Waals surface area contributed by atoms with Crippen LogP contribution in [0.15, 0.2) is 276 Å². The SMILES string of the molecule is c1ccc(-c2nc(N3c4ccccc4-c4ccccc4-n4c3cc3cc(-c5cccc6c7c(ccc56)N(c5nc(-c6ccccc6)c6oc8ccccc8c6n5)c5cc6ccccc6n5-c5ccccc5-7)ccc34)nc3c2oc2ccccc23)cc1.